The molecule has 1 aromatic carbocycles. The van der Waals surface area contributed by atoms with Crippen LogP contribution in [0.1, 0.15) is 50.5 Å². The topological polar surface area (TPSA) is 18.5 Å². The average Bonchev–Trinajstić information content (AvgIpc) is 2.49. The quantitative estimate of drug-likeness (QED) is 0.316. The highest BCUT2D eigenvalue weighted by Gasteiger charge is 1.93. The highest BCUT2D eigenvalue weighted by molar-refractivity contribution is 5.13. The van der Waals surface area contributed by atoms with Gasteiger partial charge < -0.3 is 9.47 Å². The van der Waals surface area contributed by atoms with Crippen LogP contribution in [-0.4, -0.2) is 13.4 Å². The third-order valence-corrected chi connectivity index (χ3v) is 3.14. The van der Waals surface area contributed by atoms with Gasteiger partial charge in [-0.15, -0.1) is 12.3 Å². The van der Waals surface area contributed by atoms with E-state index in [9.17, 15) is 0 Å². The molecule has 0 amide bonds. The Morgan fingerprint density at radius 2 is 1.55 bits per heavy atom. The lowest BCUT2D eigenvalue weighted by atomic mass is 10.1. The van der Waals surface area contributed by atoms with Gasteiger partial charge in [0.15, 0.2) is 0 Å². The van der Waals surface area contributed by atoms with E-state index in [2.05, 4.69) is 18.1 Å². The number of hydrogen-bond donors (Lipinski definition) is 0. The van der Waals surface area contributed by atoms with E-state index in [1.54, 1.807) is 0 Å². The van der Waals surface area contributed by atoms with Crippen LogP contribution in [0.2, 0.25) is 0 Å². The molecule has 110 valence electrons. The van der Waals surface area contributed by atoms with Crippen molar-refractivity contribution >= 4 is 0 Å². The molecule has 1 aromatic rings. The Bertz CT molecular complexity index is 353. The molecule has 0 aliphatic rings. The van der Waals surface area contributed by atoms with Crippen LogP contribution in [0.5, 0.6) is 0 Å². The zero-order chi connectivity index (χ0) is 14.3. The van der Waals surface area contributed by atoms with Crippen LogP contribution in [0.3, 0.4) is 0 Å². The van der Waals surface area contributed by atoms with E-state index in [-0.39, 0.29) is 0 Å². The molecular weight excluding hydrogens is 248 g/mol. The van der Waals surface area contributed by atoms with Gasteiger partial charge in [-0.2, -0.15) is 0 Å². The minimum Gasteiger partial charge on any atom is -0.355 e. The maximum atomic E-state index is 5.45. The molecule has 0 heterocycles. The fourth-order valence-electron chi connectivity index (χ4n) is 1.99. The van der Waals surface area contributed by atoms with Gasteiger partial charge >= 0.3 is 0 Å². The largest absolute Gasteiger partial charge is 0.355 e. The van der Waals surface area contributed by atoms with Gasteiger partial charge in [0.05, 0.1) is 6.61 Å². The maximum absolute atomic E-state index is 5.45. The molecule has 0 spiro atoms. The molecule has 0 saturated carbocycles. The van der Waals surface area contributed by atoms with Crippen molar-refractivity contribution in [3.8, 4) is 12.3 Å². The second-order valence-corrected chi connectivity index (χ2v) is 4.94. The van der Waals surface area contributed by atoms with Crippen molar-refractivity contribution in [2.24, 2.45) is 0 Å². The molecule has 0 aromatic heterocycles. The molecule has 1 rings (SSSR count). The van der Waals surface area contributed by atoms with Crippen LogP contribution < -0.4 is 0 Å². The summed E-state index contributed by atoms with van der Waals surface area (Å²) in [6.07, 6.45) is 13.5. The molecule has 0 fully saturated rings. The van der Waals surface area contributed by atoms with E-state index in [1.807, 2.05) is 18.2 Å². The fraction of sp³-hybridized carbons (Fsp3) is 0.556. The number of unbranched alkanes of at least 4 members (excludes halogenated alkanes) is 6. The van der Waals surface area contributed by atoms with Crippen LogP contribution in [0.15, 0.2) is 30.3 Å². The fourth-order valence-corrected chi connectivity index (χ4v) is 1.99. The highest BCUT2D eigenvalue weighted by atomic mass is 16.7. The predicted octanol–water partition coefficient (Wildman–Crippen LogP) is 4.54. The molecule has 0 atom stereocenters. The van der Waals surface area contributed by atoms with Crippen molar-refractivity contribution in [3.63, 3.8) is 0 Å². The predicted molar refractivity (Wildman–Crippen MR) is 83.2 cm³/mol. The SMILES string of the molecule is C#CCCCCCCCCOCOCc1ccccc1. The number of benzene rings is 1. The Balaban J connectivity index is 1.78. The van der Waals surface area contributed by atoms with Gasteiger partial charge in [-0.05, 0) is 18.4 Å². The highest BCUT2D eigenvalue weighted by Crippen LogP contribution is 2.07. The Morgan fingerprint density at radius 3 is 2.30 bits per heavy atom. The van der Waals surface area contributed by atoms with E-state index in [4.69, 9.17) is 15.9 Å². The molecule has 0 aliphatic heterocycles. The summed E-state index contributed by atoms with van der Waals surface area (Å²) >= 11 is 0. The number of terminal acetylenes is 1. The van der Waals surface area contributed by atoms with Gasteiger partial charge in [0, 0.05) is 13.0 Å². The molecule has 0 aliphatic carbocycles. The van der Waals surface area contributed by atoms with E-state index in [0.717, 1.165) is 19.4 Å². The molecular formula is C18H26O2. The smallest absolute Gasteiger partial charge is 0.147 e. The van der Waals surface area contributed by atoms with Crippen LogP contribution in [0.25, 0.3) is 0 Å². The van der Waals surface area contributed by atoms with Crippen molar-refractivity contribution in [2.45, 2.75) is 51.6 Å². The molecule has 2 nitrogen and oxygen atoms in total. The summed E-state index contributed by atoms with van der Waals surface area (Å²) in [7, 11) is 0. The Labute approximate surface area is 123 Å². The Morgan fingerprint density at radius 1 is 0.850 bits per heavy atom. The summed E-state index contributed by atoms with van der Waals surface area (Å²) in [5, 5.41) is 0. The summed E-state index contributed by atoms with van der Waals surface area (Å²) in [4.78, 5) is 0. The normalized spacial score (nSPS) is 10.3. The lowest BCUT2D eigenvalue weighted by molar-refractivity contribution is -0.0623. The van der Waals surface area contributed by atoms with Crippen molar-refractivity contribution < 1.29 is 9.47 Å². The van der Waals surface area contributed by atoms with Crippen LogP contribution in [0.4, 0.5) is 0 Å². The lowest BCUT2D eigenvalue weighted by Gasteiger charge is -2.06. The molecule has 2 heteroatoms. The molecule has 0 bridgehead atoms. The zero-order valence-electron chi connectivity index (χ0n) is 12.4. The van der Waals surface area contributed by atoms with Gasteiger partial charge in [0.2, 0.25) is 0 Å². The summed E-state index contributed by atoms with van der Waals surface area (Å²) in [5.74, 6) is 2.68. The van der Waals surface area contributed by atoms with E-state index in [0.29, 0.717) is 13.4 Å². The second-order valence-electron chi connectivity index (χ2n) is 4.94. The summed E-state index contributed by atoms with van der Waals surface area (Å²) in [5.41, 5.74) is 1.18. The van der Waals surface area contributed by atoms with Crippen LogP contribution in [0, 0.1) is 12.3 Å². The Hall–Kier alpha value is -1.30. The minimum absolute atomic E-state index is 0.386. The lowest BCUT2D eigenvalue weighted by Crippen LogP contribution is -2.01. The van der Waals surface area contributed by atoms with Gasteiger partial charge in [-0.1, -0.05) is 56.0 Å². The van der Waals surface area contributed by atoms with Gasteiger partial charge in [0.1, 0.15) is 6.79 Å². The van der Waals surface area contributed by atoms with E-state index < -0.39 is 0 Å². The van der Waals surface area contributed by atoms with Gasteiger partial charge in [-0.25, -0.2) is 0 Å². The summed E-state index contributed by atoms with van der Waals surface area (Å²) in [6.45, 7) is 1.80. The zero-order valence-corrected chi connectivity index (χ0v) is 12.4. The first-order valence-electron chi connectivity index (χ1n) is 7.56. The first-order chi connectivity index (χ1) is 9.93. The van der Waals surface area contributed by atoms with E-state index >= 15 is 0 Å². The summed E-state index contributed by atoms with van der Waals surface area (Å²) in [6, 6.07) is 10.2. The number of rotatable bonds is 12. The van der Waals surface area contributed by atoms with Gasteiger partial charge in [-0.3, -0.25) is 0 Å². The number of hydrogen-bond acceptors (Lipinski definition) is 2. The second kappa shape index (κ2) is 12.7. The molecule has 0 radical (unpaired) electrons. The number of ether oxygens (including phenoxy) is 2. The third kappa shape index (κ3) is 9.61. The standard InChI is InChI=1S/C18H26O2/c1-2-3-4-5-6-7-8-12-15-19-17-20-16-18-13-10-9-11-14-18/h1,9-11,13-14H,3-8,12,15-17H2. The first kappa shape index (κ1) is 16.8. The van der Waals surface area contributed by atoms with Crippen LogP contribution in [-0.2, 0) is 16.1 Å². The molecule has 20 heavy (non-hydrogen) atoms. The molecule has 0 N–H and O–H groups in total. The van der Waals surface area contributed by atoms with Crippen molar-refractivity contribution in [3.05, 3.63) is 35.9 Å². The van der Waals surface area contributed by atoms with E-state index in [1.165, 1.54) is 37.7 Å². The third-order valence-electron chi connectivity index (χ3n) is 3.14. The minimum atomic E-state index is 0.386. The summed E-state index contributed by atoms with van der Waals surface area (Å²) < 4.78 is 10.9. The van der Waals surface area contributed by atoms with Crippen LogP contribution >= 0.6 is 0 Å². The Kier molecular flexibility index (Phi) is 10.7. The average molecular weight is 274 g/mol. The van der Waals surface area contributed by atoms with Crippen molar-refractivity contribution in [1.29, 1.82) is 0 Å². The first-order valence-corrected chi connectivity index (χ1v) is 7.56. The van der Waals surface area contributed by atoms with Crippen molar-refractivity contribution in [1.82, 2.24) is 0 Å². The molecule has 0 saturated heterocycles. The maximum Gasteiger partial charge on any atom is 0.147 e. The monoisotopic (exact) mass is 274 g/mol. The van der Waals surface area contributed by atoms with Crippen molar-refractivity contribution in [2.75, 3.05) is 13.4 Å². The van der Waals surface area contributed by atoms with Gasteiger partial charge in [0.25, 0.3) is 0 Å². The molecule has 0 unspecified atom stereocenters.